The van der Waals surface area contributed by atoms with Gasteiger partial charge in [-0.1, -0.05) is 15.9 Å². The second kappa shape index (κ2) is 7.03. The minimum Gasteiger partial charge on any atom is -0.362 e. The predicted molar refractivity (Wildman–Crippen MR) is 67.4 cm³/mol. The average Bonchev–Trinajstić information content (AvgIpc) is 2.32. The normalized spacial score (nSPS) is 11.5. The van der Waals surface area contributed by atoms with Crippen molar-refractivity contribution in [3.63, 3.8) is 0 Å². The summed E-state index contributed by atoms with van der Waals surface area (Å²) in [5.74, 6) is -1.15. The van der Waals surface area contributed by atoms with Gasteiger partial charge in [-0.05, 0) is 18.2 Å². The maximum atomic E-state index is 13.5. The molecule has 0 aromatic heterocycles. The molecule has 0 unspecified atom stereocenters. The Labute approximate surface area is 121 Å². The van der Waals surface area contributed by atoms with Crippen LogP contribution >= 0.6 is 15.9 Å². The molecular formula is C12H12BrF4NO2. The lowest BCUT2D eigenvalue weighted by Gasteiger charge is -2.18. The van der Waals surface area contributed by atoms with Crippen LogP contribution in [0, 0.1) is 5.82 Å². The Bertz CT molecular complexity index is 479. The third-order valence-electron chi connectivity index (χ3n) is 2.33. The summed E-state index contributed by atoms with van der Waals surface area (Å²) < 4.78 is 53.9. The monoisotopic (exact) mass is 357 g/mol. The van der Waals surface area contributed by atoms with Gasteiger partial charge < -0.3 is 9.64 Å². The first-order valence-electron chi connectivity index (χ1n) is 5.51. The molecule has 0 aliphatic rings. The number of benzene rings is 1. The van der Waals surface area contributed by atoms with Gasteiger partial charge in [-0.25, -0.2) is 4.39 Å². The van der Waals surface area contributed by atoms with E-state index in [-0.39, 0.29) is 12.1 Å². The van der Waals surface area contributed by atoms with E-state index in [0.29, 0.717) is 4.47 Å². The summed E-state index contributed by atoms with van der Waals surface area (Å²) in [6.07, 6.45) is -4.48. The van der Waals surface area contributed by atoms with Crippen molar-refractivity contribution in [3.8, 4) is 0 Å². The van der Waals surface area contributed by atoms with Crippen molar-refractivity contribution in [1.29, 1.82) is 0 Å². The van der Waals surface area contributed by atoms with Gasteiger partial charge >= 0.3 is 6.18 Å². The van der Waals surface area contributed by atoms with Crippen LogP contribution in [0.5, 0.6) is 0 Å². The van der Waals surface area contributed by atoms with E-state index < -0.39 is 31.1 Å². The second-order valence-corrected chi connectivity index (χ2v) is 5.01. The summed E-state index contributed by atoms with van der Waals surface area (Å²) in [6.45, 7) is -2.25. The molecule has 0 radical (unpaired) electrons. The lowest BCUT2D eigenvalue weighted by atomic mass is 10.2. The molecule has 1 aromatic rings. The molecule has 1 amide bonds. The van der Waals surface area contributed by atoms with Crippen LogP contribution in [-0.2, 0) is 16.1 Å². The molecule has 0 N–H and O–H groups in total. The van der Waals surface area contributed by atoms with Crippen molar-refractivity contribution >= 4 is 21.8 Å². The highest BCUT2D eigenvalue weighted by Gasteiger charge is 2.28. The number of hydrogen-bond acceptors (Lipinski definition) is 2. The number of alkyl halides is 3. The Kier molecular flexibility index (Phi) is 5.94. The fraction of sp³-hybridized carbons (Fsp3) is 0.417. The van der Waals surface area contributed by atoms with Gasteiger partial charge in [0.15, 0.2) is 0 Å². The number of nitrogens with zero attached hydrogens (tertiary/aromatic N) is 1. The quantitative estimate of drug-likeness (QED) is 0.757. The summed E-state index contributed by atoms with van der Waals surface area (Å²) in [5.41, 5.74) is 0.256. The Morgan fingerprint density at radius 3 is 2.65 bits per heavy atom. The molecule has 20 heavy (non-hydrogen) atoms. The van der Waals surface area contributed by atoms with Crippen molar-refractivity contribution in [3.05, 3.63) is 34.1 Å². The summed E-state index contributed by atoms with van der Waals surface area (Å²) in [4.78, 5) is 12.6. The molecule has 0 bridgehead atoms. The fourth-order valence-electron chi connectivity index (χ4n) is 1.37. The third kappa shape index (κ3) is 5.87. The van der Waals surface area contributed by atoms with Crippen LogP contribution in [0.2, 0.25) is 0 Å². The zero-order valence-corrected chi connectivity index (χ0v) is 12.1. The molecule has 1 rings (SSSR count). The maximum absolute atomic E-state index is 13.5. The highest BCUT2D eigenvalue weighted by Crippen LogP contribution is 2.17. The molecule has 0 spiro atoms. The molecule has 0 atom stereocenters. The molecule has 0 aliphatic heterocycles. The minimum atomic E-state index is -4.48. The predicted octanol–water partition coefficient (Wildman–Crippen LogP) is 3.13. The lowest BCUT2D eigenvalue weighted by molar-refractivity contribution is -0.177. The first-order valence-corrected chi connectivity index (χ1v) is 6.31. The van der Waals surface area contributed by atoms with Gasteiger partial charge in [-0.15, -0.1) is 0 Å². The number of carbonyl (C=O) groups excluding carboxylic acids is 1. The van der Waals surface area contributed by atoms with E-state index in [0.717, 1.165) is 4.90 Å². The van der Waals surface area contributed by atoms with Gasteiger partial charge in [0, 0.05) is 23.6 Å². The molecule has 112 valence electrons. The number of likely N-dealkylation sites (N-methyl/N-ethyl adjacent to an activating group) is 1. The number of hydrogen-bond donors (Lipinski definition) is 0. The van der Waals surface area contributed by atoms with E-state index in [1.54, 1.807) is 0 Å². The number of amides is 1. The molecule has 0 fully saturated rings. The topological polar surface area (TPSA) is 29.5 Å². The van der Waals surface area contributed by atoms with Crippen LogP contribution in [0.3, 0.4) is 0 Å². The highest BCUT2D eigenvalue weighted by atomic mass is 79.9. The molecule has 0 heterocycles. The first kappa shape index (κ1) is 16.9. The van der Waals surface area contributed by atoms with Crippen molar-refractivity contribution in [2.45, 2.75) is 12.7 Å². The van der Waals surface area contributed by atoms with Crippen LogP contribution in [-0.4, -0.2) is 37.2 Å². The van der Waals surface area contributed by atoms with Gasteiger partial charge in [-0.2, -0.15) is 13.2 Å². The highest BCUT2D eigenvalue weighted by molar-refractivity contribution is 9.10. The number of carbonyl (C=O) groups is 1. The Morgan fingerprint density at radius 1 is 1.40 bits per heavy atom. The van der Waals surface area contributed by atoms with Crippen molar-refractivity contribution in [2.75, 3.05) is 20.3 Å². The summed E-state index contributed by atoms with van der Waals surface area (Å²) in [7, 11) is 1.36. The number of halogens is 5. The van der Waals surface area contributed by atoms with Gasteiger partial charge in [0.1, 0.15) is 19.0 Å². The molecule has 8 heteroatoms. The van der Waals surface area contributed by atoms with E-state index in [4.69, 9.17) is 0 Å². The van der Waals surface area contributed by atoms with Crippen LogP contribution in [0.25, 0.3) is 0 Å². The van der Waals surface area contributed by atoms with Gasteiger partial charge in [0.2, 0.25) is 5.91 Å². The standard InChI is InChI=1S/C12H12BrF4NO2/c1-18(11(19)6-20-7-12(15,16)17)5-8-4-9(13)2-3-10(8)14/h2-4H,5-7H2,1H3. The van der Waals surface area contributed by atoms with E-state index in [1.807, 2.05) is 0 Å². The fourth-order valence-corrected chi connectivity index (χ4v) is 1.78. The molecule has 0 aliphatic carbocycles. The zero-order valence-electron chi connectivity index (χ0n) is 10.5. The van der Waals surface area contributed by atoms with E-state index in [2.05, 4.69) is 20.7 Å². The van der Waals surface area contributed by atoms with Crippen molar-refractivity contribution in [2.24, 2.45) is 0 Å². The van der Waals surface area contributed by atoms with Crippen LogP contribution in [0.1, 0.15) is 5.56 Å². The van der Waals surface area contributed by atoms with Crippen molar-refractivity contribution < 1.29 is 27.1 Å². The Balaban J connectivity index is 2.51. The van der Waals surface area contributed by atoms with Crippen LogP contribution in [0.4, 0.5) is 17.6 Å². The van der Waals surface area contributed by atoms with E-state index in [9.17, 15) is 22.4 Å². The molecule has 0 saturated carbocycles. The second-order valence-electron chi connectivity index (χ2n) is 4.09. The van der Waals surface area contributed by atoms with Gasteiger partial charge in [-0.3, -0.25) is 4.79 Å². The van der Waals surface area contributed by atoms with Crippen molar-refractivity contribution in [1.82, 2.24) is 4.90 Å². The van der Waals surface area contributed by atoms with Gasteiger partial charge in [0.05, 0.1) is 0 Å². The average molecular weight is 358 g/mol. The molecule has 1 aromatic carbocycles. The molecule has 3 nitrogen and oxygen atoms in total. The summed E-state index contributed by atoms with van der Waals surface area (Å²) in [6, 6.07) is 4.24. The smallest absolute Gasteiger partial charge is 0.362 e. The zero-order chi connectivity index (χ0) is 15.3. The first-order chi connectivity index (χ1) is 9.19. The SMILES string of the molecule is CN(Cc1cc(Br)ccc1F)C(=O)COCC(F)(F)F. The minimum absolute atomic E-state index is 0.0561. The van der Waals surface area contributed by atoms with Crippen LogP contribution in [0.15, 0.2) is 22.7 Å². The summed E-state index contributed by atoms with van der Waals surface area (Å²) in [5, 5.41) is 0. The van der Waals surface area contributed by atoms with Gasteiger partial charge in [0.25, 0.3) is 0 Å². The van der Waals surface area contributed by atoms with Crippen LogP contribution < -0.4 is 0 Å². The van der Waals surface area contributed by atoms with E-state index >= 15 is 0 Å². The Morgan fingerprint density at radius 2 is 2.05 bits per heavy atom. The summed E-state index contributed by atoms with van der Waals surface area (Å²) >= 11 is 3.17. The Hall–Kier alpha value is -1.15. The maximum Gasteiger partial charge on any atom is 0.411 e. The number of rotatable bonds is 5. The molecular weight excluding hydrogens is 346 g/mol. The molecule has 0 saturated heterocycles. The third-order valence-corrected chi connectivity index (χ3v) is 2.83. The largest absolute Gasteiger partial charge is 0.411 e. The number of ether oxygens (including phenoxy) is 1. The lowest BCUT2D eigenvalue weighted by Crippen LogP contribution is -2.31. The van der Waals surface area contributed by atoms with E-state index in [1.165, 1.54) is 25.2 Å².